The fraction of sp³-hybridized carbons (Fsp3) is 0.500. The van der Waals surface area contributed by atoms with Gasteiger partial charge in [-0.3, -0.25) is 4.79 Å². The van der Waals surface area contributed by atoms with Gasteiger partial charge in [-0.2, -0.15) is 0 Å². The van der Waals surface area contributed by atoms with Crippen molar-refractivity contribution in [2.45, 2.75) is 26.1 Å². The van der Waals surface area contributed by atoms with E-state index in [4.69, 9.17) is 32.7 Å². The van der Waals surface area contributed by atoms with Gasteiger partial charge >= 0.3 is 0 Å². The predicted octanol–water partition coefficient (Wildman–Crippen LogP) is 3.01. The minimum Gasteiger partial charge on any atom is -0.481 e. The summed E-state index contributed by atoms with van der Waals surface area (Å²) in [6.07, 6.45) is -0.512. The van der Waals surface area contributed by atoms with Crippen LogP contribution in [-0.2, 0) is 9.53 Å². The van der Waals surface area contributed by atoms with Crippen molar-refractivity contribution in [1.29, 1.82) is 0 Å². The molecule has 0 spiro atoms. The second kappa shape index (κ2) is 6.66. The summed E-state index contributed by atoms with van der Waals surface area (Å²) in [4.78, 5) is 14.0. The highest BCUT2D eigenvalue weighted by Gasteiger charge is 2.26. The molecule has 0 bridgehead atoms. The molecule has 0 aromatic heterocycles. The van der Waals surface area contributed by atoms with Gasteiger partial charge in [-0.05, 0) is 26.0 Å². The quantitative estimate of drug-likeness (QED) is 0.860. The molecule has 0 aliphatic carbocycles. The minimum atomic E-state index is -0.572. The molecule has 1 aromatic rings. The Morgan fingerprint density at radius 1 is 1.45 bits per heavy atom. The first-order valence-electron chi connectivity index (χ1n) is 6.49. The number of carbonyl (C=O) groups excluding carboxylic acids is 1. The molecule has 2 unspecified atom stereocenters. The topological polar surface area (TPSA) is 38.8 Å². The summed E-state index contributed by atoms with van der Waals surface area (Å²) in [5.74, 6) is 0.479. The van der Waals surface area contributed by atoms with E-state index in [2.05, 4.69) is 0 Å². The number of morpholine rings is 1. The monoisotopic (exact) mass is 317 g/mol. The molecule has 0 radical (unpaired) electrons. The van der Waals surface area contributed by atoms with E-state index in [9.17, 15) is 4.79 Å². The lowest BCUT2D eigenvalue weighted by Gasteiger charge is -2.32. The first kappa shape index (κ1) is 15.4. The first-order chi connectivity index (χ1) is 9.47. The van der Waals surface area contributed by atoms with Crippen LogP contribution in [0.25, 0.3) is 0 Å². The zero-order valence-corrected chi connectivity index (χ0v) is 12.9. The molecular formula is C14H17Cl2NO3. The van der Waals surface area contributed by atoms with E-state index >= 15 is 0 Å². The standard InChI is InChI=1S/C14H17Cl2NO3/c1-9-8-17(5-6-19-9)14(18)10(2)20-11-3-4-12(15)13(16)7-11/h3-4,7,9-10H,5-6,8H2,1-2H3. The van der Waals surface area contributed by atoms with Crippen LogP contribution in [0, 0.1) is 0 Å². The van der Waals surface area contributed by atoms with Gasteiger partial charge < -0.3 is 14.4 Å². The summed E-state index contributed by atoms with van der Waals surface area (Å²) in [7, 11) is 0. The van der Waals surface area contributed by atoms with Crippen LogP contribution in [0.3, 0.4) is 0 Å². The molecule has 1 aliphatic rings. The predicted molar refractivity (Wildman–Crippen MR) is 78.5 cm³/mol. The molecule has 1 aromatic carbocycles. The Morgan fingerprint density at radius 3 is 2.85 bits per heavy atom. The number of ether oxygens (including phenoxy) is 2. The van der Waals surface area contributed by atoms with Gasteiger partial charge in [0, 0.05) is 19.2 Å². The summed E-state index contributed by atoms with van der Waals surface area (Å²) < 4.78 is 11.0. The number of hydrogen-bond donors (Lipinski definition) is 0. The van der Waals surface area contributed by atoms with E-state index < -0.39 is 6.10 Å². The third-order valence-corrected chi connectivity index (χ3v) is 3.84. The molecule has 1 saturated heterocycles. The Kier molecular flexibility index (Phi) is 5.13. The molecule has 0 saturated carbocycles. The zero-order chi connectivity index (χ0) is 14.7. The van der Waals surface area contributed by atoms with E-state index in [0.29, 0.717) is 35.5 Å². The Morgan fingerprint density at radius 2 is 2.20 bits per heavy atom. The largest absolute Gasteiger partial charge is 0.481 e. The van der Waals surface area contributed by atoms with E-state index in [1.165, 1.54) is 0 Å². The van der Waals surface area contributed by atoms with Crippen molar-refractivity contribution < 1.29 is 14.3 Å². The number of carbonyl (C=O) groups is 1. The SMILES string of the molecule is CC1CN(C(=O)C(C)Oc2ccc(Cl)c(Cl)c2)CCO1. The maximum Gasteiger partial charge on any atom is 0.263 e. The number of nitrogens with zero attached hydrogens (tertiary/aromatic N) is 1. The molecule has 20 heavy (non-hydrogen) atoms. The molecule has 2 rings (SSSR count). The van der Waals surface area contributed by atoms with Crippen LogP contribution in [0.4, 0.5) is 0 Å². The van der Waals surface area contributed by atoms with Gasteiger partial charge in [0.05, 0.1) is 22.8 Å². The second-order valence-electron chi connectivity index (χ2n) is 4.80. The van der Waals surface area contributed by atoms with E-state index in [-0.39, 0.29) is 12.0 Å². The molecule has 1 heterocycles. The smallest absolute Gasteiger partial charge is 0.263 e. The van der Waals surface area contributed by atoms with Crippen LogP contribution < -0.4 is 4.74 Å². The average Bonchev–Trinajstić information content (AvgIpc) is 2.42. The van der Waals surface area contributed by atoms with Gasteiger partial charge in [0.1, 0.15) is 5.75 Å². The summed E-state index contributed by atoms with van der Waals surface area (Å²) in [5.41, 5.74) is 0. The highest BCUT2D eigenvalue weighted by Crippen LogP contribution is 2.27. The van der Waals surface area contributed by atoms with Crippen molar-refractivity contribution in [1.82, 2.24) is 4.90 Å². The van der Waals surface area contributed by atoms with Crippen molar-refractivity contribution in [3.8, 4) is 5.75 Å². The number of hydrogen-bond acceptors (Lipinski definition) is 3. The third-order valence-electron chi connectivity index (χ3n) is 3.10. The maximum atomic E-state index is 12.3. The van der Waals surface area contributed by atoms with Gasteiger partial charge in [-0.1, -0.05) is 23.2 Å². The van der Waals surface area contributed by atoms with E-state index in [1.807, 2.05) is 6.92 Å². The third kappa shape index (κ3) is 3.78. The van der Waals surface area contributed by atoms with Crippen molar-refractivity contribution in [2.24, 2.45) is 0 Å². The lowest BCUT2D eigenvalue weighted by molar-refractivity contribution is -0.144. The van der Waals surface area contributed by atoms with Gasteiger partial charge in [0.2, 0.25) is 0 Å². The van der Waals surface area contributed by atoms with Crippen molar-refractivity contribution in [2.75, 3.05) is 19.7 Å². The molecule has 6 heteroatoms. The number of rotatable bonds is 3. The molecule has 1 fully saturated rings. The number of benzene rings is 1. The molecule has 2 atom stereocenters. The zero-order valence-electron chi connectivity index (χ0n) is 11.4. The molecule has 0 N–H and O–H groups in total. The van der Waals surface area contributed by atoms with Crippen LogP contribution in [0.15, 0.2) is 18.2 Å². The van der Waals surface area contributed by atoms with E-state index in [0.717, 1.165) is 0 Å². The lowest BCUT2D eigenvalue weighted by Crippen LogP contribution is -2.49. The number of halogens is 2. The Bertz CT molecular complexity index is 495. The van der Waals surface area contributed by atoms with Crippen molar-refractivity contribution in [3.05, 3.63) is 28.2 Å². The maximum absolute atomic E-state index is 12.3. The Hall–Kier alpha value is -0.970. The van der Waals surface area contributed by atoms with E-state index in [1.54, 1.807) is 30.0 Å². The summed E-state index contributed by atoms with van der Waals surface area (Å²) in [6, 6.07) is 4.95. The molecule has 110 valence electrons. The fourth-order valence-electron chi connectivity index (χ4n) is 2.08. The van der Waals surface area contributed by atoms with Crippen molar-refractivity contribution in [3.63, 3.8) is 0 Å². The van der Waals surface area contributed by atoms with Crippen LogP contribution in [0.2, 0.25) is 10.0 Å². The van der Waals surface area contributed by atoms with Crippen molar-refractivity contribution >= 4 is 29.1 Å². The fourth-order valence-corrected chi connectivity index (χ4v) is 2.37. The average molecular weight is 318 g/mol. The second-order valence-corrected chi connectivity index (χ2v) is 5.62. The molecule has 1 amide bonds. The summed E-state index contributed by atoms with van der Waals surface area (Å²) in [5, 5.41) is 0.865. The van der Waals surface area contributed by atoms with Gasteiger partial charge in [0.15, 0.2) is 6.10 Å². The number of amides is 1. The summed E-state index contributed by atoms with van der Waals surface area (Å²) in [6.45, 7) is 5.42. The van der Waals surface area contributed by atoms with Crippen LogP contribution in [0.1, 0.15) is 13.8 Å². The Labute approximate surface area is 128 Å². The first-order valence-corrected chi connectivity index (χ1v) is 7.25. The molecule has 1 aliphatic heterocycles. The molecular weight excluding hydrogens is 301 g/mol. The lowest BCUT2D eigenvalue weighted by atomic mass is 10.2. The van der Waals surface area contributed by atoms with Gasteiger partial charge in [-0.25, -0.2) is 0 Å². The van der Waals surface area contributed by atoms with Crippen LogP contribution in [-0.4, -0.2) is 42.7 Å². The summed E-state index contributed by atoms with van der Waals surface area (Å²) >= 11 is 11.8. The Balaban J connectivity index is 1.98. The normalized spacial score (nSPS) is 20.6. The van der Waals surface area contributed by atoms with Gasteiger partial charge in [0.25, 0.3) is 5.91 Å². The highest BCUT2D eigenvalue weighted by atomic mass is 35.5. The molecule has 4 nitrogen and oxygen atoms in total. The van der Waals surface area contributed by atoms with Crippen LogP contribution in [0.5, 0.6) is 5.75 Å². The highest BCUT2D eigenvalue weighted by molar-refractivity contribution is 6.42. The minimum absolute atomic E-state index is 0.0498. The van der Waals surface area contributed by atoms with Gasteiger partial charge in [-0.15, -0.1) is 0 Å². The van der Waals surface area contributed by atoms with Crippen LogP contribution >= 0.6 is 23.2 Å².